The summed E-state index contributed by atoms with van der Waals surface area (Å²) < 4.78 is 5.30. The van der Waals surface area contributed by atoms with Gasteiger partial charge in [-0.25, -0.2) is 4.79 Å². The lowest BCUT2D eigenvalue weighted by atomic mass is 10.1. The highest BCUT2D eigenvalue weighted by Gasteiger charge is 2.24. The summed E-state index contributed by atoms with van der Waals surface area (Å²) in [4.78, 5) is 28.6. The molecule has 20 heavy (non-hydrogen) atoms. The molecule has 1 aliphatic rings. The number of carbonyl (C=O) groups excluding carboxylic acids is 1. The molecule has 1 aromatic heterocycles. The molecule has 1 unspecified atom stereocenters. The fourth-order valence-electron chi connectivity index (χ4n) is 2.03. The number of hydrogen-bond donors (Lipinski definition) is 1. The molecule has 2 heterocycles. The third-order valence-electron chi connectivity index (χ3n) is 3.05. The number of rotatable bonds is 3. The number of hydrogen-bond acceptors (Lipinski definition) is 4. The normalized spacial score (nSPS) is 19.2. The molecule has 0 saturated carbocycles. The van der Waals surface area contributed by atoms with E-state index in [1.54, 1.807) is 11.0 Å². The zero-order valence-corrected chi connectivity index (χ0v) is 11.2. The quantitative estimate of drug-likeness (QED) is 0.834. The molecule has 1 amide bonds. The molecule has 0 aliphatic carbocycles. The summed E-state index contributed by atoms with van der Waals surface area (Å²) in [5.74, 6) is -1.15. The SMILES string of the molecule is CC1COCCN1C(=O)c1cncc(C=CC(=O)O)c1. The molecule has 0 radical (unpaired) electrons. The molecular formula is C14H16N2O4. The Bertz CT molecular complexity index is 542. The first-order chi connectivity index (χ1) is 9.58. The van der Waals surface area contributed by atoms with Crippen LogP contribution in [-0.4, -0.2) is 52.7 Å². The summed E-state index contributed by atoms with van der Waals surface area (Å²) in [5.41, 5.74) is 1.03. The monoisotopic (exact) mass is 276 g/mol. The van der Waals surface area contributed by atoms with Gasteiger partial charge in [0.2, 0.25) is 0 Å². The maximum absolute atomic E-state index is 12.4. The molecule has 1 saturated heterocycles. The van der Waals surface area contributed by atoms with E-state index in [9.17, 15) is 9.59 Å². The van der Waals surface area contributed by atoms with Gasteiger partial charge in [-0.05, 0) is 24.6 Å². The first-order valence-corrected chi connectivity index (χ1v) is 6.32. The molecular weight excluding hydrogens is 260 g/mol. The Morgan fingerprint density at radius 3 is 3.00 bits per heavy atom. The van der Waals surface area contributed by atoms with Gasteiger partial charge in [0.05, 0.1) is 24.8 Å². The van der Waals surface area contributed by atoms with E-state index in [4.69, 9.17) is 9.84 Å². The van der Waals surface area contributed by atoms with E-state index in [0.29, 0.717) is 30.9 Å². The molecule has 106 valence electrons. The predicted molar refractivity (Wildman–Crippen MR) is 72.2 cm³/mol. The van der Waals surface area contributed by atoms with Gasteiger partial charge in [0, 0.05) is 25.0 Å². The minimum atomic E-state index is -1.04. The van der Waals surface area contributed by atoms with Crippen molar-refractivity contribution in [2.75, 3.05) is 19.8 Å². The van der Waals surface area contributed by atoms with Crippen molar-refractivity contribution in [1.82, 2.24) is 9.88 Å². The Labute approximate surface area is 116 Å². The van der Waals surface area contributed by atoms with Crippen molar-refractivity contribution < 1.29 is 19.4 Å². The van der Waals surface area contributed by atoms with Crippen LogP contribution in [0, 0.1) is 0 Å². The van der Waals surface area contributed by atoms with Crippen molar-refractivity contribution in [2.45, 2.75) is 13.0 Å². The summed E-state index contributed by atoms with van der Waals surface area (Å²) in [6.07, 6.45) is 5.43. The van der Waals surface area contributed by atoms with Gasteiger partial charge in [0.25, 0.3) is 5.91 Å². The lowest BCUT2D eigenvalue weighted by molar-refractivity contribution is -0.131. The van der Waals surface area contributed by atoms with Gasteiger partial charge in [0.15, 0.2) is 0 Å². The Kier molecular flexibility index (Phi) is 4.47. The van der Waals surface area contributed by atoms with Crippen LogP contribution in [0.3, 0.4) is 0 Å². The van der Waals surface area contributed by atoms with Gasteiger partial charge in [-0.3, -0.25) is 9.78 Å². The number of aromatic nitrogens is 1. The number of carbonyl (C=O) groups is 2. The van der Waals surface area contributed by atoms with Crippen LogP contribution >= 0.6 is 0 Å². The molecule has 6 heteroatoms. The largest absolute Gasteiger partial charge is 0.478 e. The fraction of sp³-hybridized carbons (Fsp3) is 0.357. The lowest BCUT2D eigenvalue weighted by Gasteiger charge is -2.33. The highest BCUT2D eigenvalue weighted by Crippen LogP contribution is 2.13. The highest BCUT2D eigenvalue weighted by molar-refractivity contribution is 5.95. The average molecular weight is 276 g/mol. The van der Waals surface area contributed by atoms with Crippen molar-refractivity contribution in [3.8, 4) is 0 Å². The number of ether oxygens (including phenoxy) is 1. The summed E-state index contributed by atoms with van der Waals surface area (Å²) in [6.45, 7) is 3.54. The molecule has 0 aromatic carbocycles. The van der Waals surface area contributed by atoms with Gasteiger partial charge in [0.1, 0.15) is 0 Å². The Balaban J connectivity index is 2.17. The standard InChI is InChI=1S/C14H16N2O4/c1-10-9-20-5-4-16(10)14(19)12-6-11(7-15-8-12)2-3-13(17)18/h2-3,6-8,10H,4-5,9H2,1H3,(H,17,18). The van der Waals surface area contributed by atoms with E-state index >= 15 is 0 Å². The minimum absolute atomic E-state index is 0.0227. The number of carboxylic acids is 1. The van der Waals surface area contributed by atoms with E-state index < -0.39 is 5.97 Å². The molecule has 1 atom stereocenters. The van der Waals surface area contributed by atoms with Crippen LogP contribution in [0.25, 0.3) is 6.08 Å². The maximum atomic E-state index is 12.4. The maximum Gasteiger partial charge on any atom is 0.328 e. The second kappa shape index (κ2) is 6.29. The van der Waals surface area contributed by atoms with Gasteiger partial charge in [-0.1, -0.05) is 0 Å². The van der Waals surface area contributed by atoms with Crippen LogP contribution in [0.4, 0.5) is 0 Å². The van der Waals surface area contributed by atoms with Gasteiger partial charge in [-0.2, -0.15) is 0 Å². The van der Waals surface area contributed by atoms with E-state index in [-0.39, 0.29) is 11.9 Å². The Morgan fingerprint density at radius 2 is 2.30 bits per heavy atom. The first-order valence-electron chi connectivity index (χ1n) is 6.32. The van der Waals surface area contributed by atoms with Gasteiger partial charge < -0.3 is 14.7 Å². The van der Waals surface area contributed by atoms with Crippen LogP contribution < -0.4 is 0 Å². The summed E-state index contributed by atoms with van der Waals surface area (Å²) in [7, 11) is 0. The Hall–Kier alpha value is -2.21. The van der Waals surface area contributed by atoms with Crippen LogP contribution in [0.2, 0.25) is 0 Å². The number of nitrogens with zero attached hydrogens (tertiary/aromatic N) is 2. The minimum Gasteiger partial charge on any atom is -0.478 e. The molecule has 0 spiro atoms. The molecule has 1 fully saturated rings. The lowest BCUT2D eigenvalue weighted by Crippen LogP contribution is -2.47. The number of carboxylic acid groups (broad SMARTS) is 1. The molecule has 0 bridgehead atoms. The Morgan fingerprint density at radius 1 is 1.50 bits per heavy atom. The van der Waals surface area contributed by atoms with E-state index in [2.05, 4.69) is 4.98 Å². The number of pyridine rings is 1. The topological polar surface area (TPSA) is 79.7 Å². The zero-order chi connectivity index (χ0) is 14.5. The second-order valence-corrected chi connectivity index (χ2v) is 4.60. The number of aliphatic carboxylic acids is 1. The highest BCUT2D eigenvalue weighted by atomic mass is 16.5. The molecule has 2 rings (SSSR count). The van der Waals surface area contributed by atoms with Gasteiger partial charge in [-0.15, -0.1) is 0 Å². The number of amides is 1. The van der Waals surface area contributed by atoms with E-state index in [0.717, 1.165) is 6.08 Å². The third kappa shape index (κ3) is 3.42. The number of morpholine rings is 1. The van der Waals surface area contributed by atoms with E-state index in [1.165, 1.54) is 18.5 Å². The van der Waals surface area contributed by atoms with Gasteiger partial charge >= 0.3 is 5.97 Å². The van der Waals surface area contributed by atoms with Crippen molar-refractivity contribution in [3.63, 3.8) is 0 Å². The molecule has 6 nitrogen and oxygen atoms in total. The van der Waals surface area contributed by atoms with Crippen molar-refractivity contribution in [3.05, 3.63) is 35.7 Å². The van der Waals surface area contributed by atoms with Crippen LogP contribution in [0.1, 0.15) is 22.8 Å². The summed E-state index contributed by atoms with van der Waals surface area (Å²) in [6, 6.07) is 1.66. The summed E-state index contributed by atoms with van der Waals surface area (Å²) in [5, 5.41) is 8.60. The average Bonchev–Trinajstić information content (AvgIpc) is 2.45. The van der Waals surface area contributed by atoms with Crippen molar-refractivity contribution in [2.24, 2.45) is 0 Å². The second-order valence-electron chi connectivity index (χ2n) is 4.60. The zero-order valence-electron chi connectivity index (χ0n) is 11.2. The first kappa shape index (κ1) is 14.2. The van der Waals surface area contributed by atoms with Crippen LogP contribution in [0.15, 0.2) is 24.5 Å². The fourth-order valence-corrected chi connectivity index (χ4v) is 2.03. The molecule has 1 aromatic rings. The molecule has 1 N–H and O–H groups in total. The van der Waals surface area contributed by atoms with Crippen LogP contribution in [0.5, 0.6) is 0 Å². The third-order valence-corrected chi connectivity index (χ3v) is 3.05. The van der Waals surface area contributed by atoms with E-state index in [1.807, 2.05) is 6.92 Å². The van der Waals surface area contributed by atoms with Crippen molar-refractivity contribution >= 4 is 18.0 Å². The predicted octanol–water partition coefficient (Wildman–Crippen LogP) is 1.04. The smallest absolute Gasteiger partial charge is 0.328 e. The van der Waals surface area contributed by atoms with Crippen LogP contribution in [-0.2, 0) is 9.53 Å². The summed E-state index contributed by atoms with van der Waals surface area (Å²) >= 11 is 0. The van der Waals surface area contributed by atoms with Crippen molar-refractivity contribution in [1.29, 1.82) is 0 Å². The molecule has 1 aliphatic heterocycles.